The van der Waals surface area contributed by atoms with Crippen molar-refractivity contribution in [1.29, 1.82) is 0 Å². The van der Waals surface area contributed by atoms with E-state index in [1.807, 2.05) is 30.1 Å². The smallest absolute Gasteiger partial charge is 0.148 e. The standard InChI is InChI=1S/C17H18FN5/c1-3-15-13(11-23(2)22-15)10-19-17-9-8-16(20-21-17)12-4-6-14(18)7-5-12/h4-9,11H,3,10H2,1-2H3,(H,19,21). The Morgan fingerprint density at radius 1 is 1.09 bits per heavy atom. The molecule has 0 aliphatic carbocycles. The molecule has 5 nitrogen and oxygen atoms in total. The van der Waals surface area contributed by atoms with Crippen LogP contribution in [0.3, 0.4) is 0 Å². The molecule has 0 unspecified atom stereocenters. The summed E-state index contributed by atoms with van der Waals surface area (Å²) >= 11 is 0. The summed E-state index contributed by atoms with van der Waals surface area (Å²) in [4.78, 5) is 0. The Labute approximate surface area is 134 Å². The Kier molecular flexibility index (Phi) is 4.32. The van der Waals surface area contributed by atoms with Crippen LogP contribution in [-0.4, -0.2) is 20.0 Å². The van der Waals surface area contributed by atoms with Crippen LogP contribution in [0.5, 0.6) is 0 Å². The molecule has 0 atom stereocenters. The fourth-order valence-electron chi connectivity index (χ4n) is 2.42. The van der Waals surface area contributed by atoms with Gasteiger partial charge < -0.3 is 5.32 Å². The fourth-order valence-corrected chi connectivity index (χ4v) is 2.42. The summed E-state index contributed by atoms with van der Waals surface area (Å²) in [5, 5.41) is 16.0. The Bertz CT molecular complexity index is 778. The van der Waals surface area contributed by atoms with Crippen molar-refractivity contribution in [3.8, 4) is 11.3 Å². The molecule has 1 N–H and O–H groups in total. The molecule has 0 aliphatic heterocycles. The van der Waals surface area contributed by atoms with Crippen LogP contribution in [0.1, 0.15) is 18.2 Å². The average molecular weight is 311 g/mol. The molecule has 0 fully saturated rings. The molecule has 2 aromatic heterocycles. The van der Waals surface area contributed by atoms with E-state index in [-0.39, 0.29) is 5.82 Å². The number of nitrogens with zero attached hydrogens (tertiary/aromatic N) is 4. The molecule has 0 bridgehead atoms. The third-order valence-corrected chi connectivity index (χ3v) is 3.59. The summed E-state index contributed by atoms with van der Waals surface area (Å²) in [6, 6.07) is 9.95. The van der Waals surface area contributed by atoms with Gasteiger partial charge in [0.15, 0.2) is 0 Å². The van der Waals surface area contributed by atoms with Crippen LogP contribution in [0.4, 0.5) is 10.2 Å². The number of benzene rings is 1. The minimum atomic E-state index is -0.261. The summed E-state index contributed by atoms with van der Waals surface area (Å²) in [5.74, 6) is 0.435. The third kappa shape index (κ3) is 3.53. The molecule has 2 heterocycles. The van der Waals surface area contributed by atoms with E-state index < -0.39 is 0 Å². The van der Waals surface area contributed by atoms with Crippen LogP contribution in [0, 0.1) is 5.82 Å². The van der Waals surface area contributed by atoms with Gasteiger partial charge in [-0.2, -0.15) is 5.10 Å². The lowest BCUT2D eigenvalue weighted by Gasteiger charge is -2.05. The van der Waals surface area contributed by atoms with Gasteiger partial charge in [0.1, 0.15) is 11.6 Å². The molecule has 6 heteroatoms. The predicted octanol–water partition coefficient (Wildman–Crippen LogP) is 3.19. The second kappa shape index (κ2) is 6.56. The first-order chi connectivity index (χ1) is 11.2. The summed E-state index contributed by atoms with van der Waals surface area (Å²) in [6.07, 6.45) is 2.90. The summed E-state index contributed by atoms with van der Waals surface area (Å²) < 4.78 is 14.8. The van der Waals surface area contributed by atoms with E-state index in [2.05, 4.69) is 27.5 Å². The van der Waals surface area contributed by atoms with Gasteiger partial charge in [-0.3, -0.25) is 4.68 Å². The van der Waals surface area contributed by atoms with E-state index in [4.69, 9.17) is 0 Å². The van der Waals surface area contributed by atoms with E-state index in [1.54, 1.807) is 12.1 Å². The lowest BCUT2D eigenvalue weighted by atomic mass is 10.1. The van der Waals surface area contributed by atoms with Crippen molar-refractivity contribution >= 4 is 5.82 Å². The molecule has 118 valence electrons. The second-order valence-corrected chi connectivity index (χ2v) is 5.29. The number of anilines is 1. The van der Waals surface area contributed by atoms with Gasteiger partial charge in [0.2, 0.25) is 0 Å². The first kappa shape index (κ1) is 15.1. The Hall–Kier alpha value is -2.76. The lowest BCUT2D eigenvalue weighted by molar-refractivity contribution is 0.628. The Morgan fingerprint density at radius 2 is 1.87 bits per heavy atom. The van der Waals surface area contributed by atoms with Crippen molar-refractivity contribution < 1.29 is 4.39 Å². The van der Waals surface area contributed by atoms with E-state index in [1.165, 1.54) is 12.1 Å². The zero-order valence-electron chi connectivity index (χ0n) is 13.1. The topological polar surface area (TPSA) is 55.6 Å². The molecule has 1 aromatic carbocycles. The molecule has 3 rings (SSSR count). The van der Waals surface area contributed by atoms with Crippen LogP contribution in [-0.2, 0) is 20.0 Å². The fraction of sp³-hybridized carbons (Fsp3) is 0.235. The number of hydrogen-bond donors (Lipinski definition) is 1. The van der Waals surface area contributed by atoms with Crippen molar-refractivity contribution in [1.82, 2.24) is 20.0 Å². The van der Waals surface area contributed by atoms with Crippen LogP contribution in [0.25, 0.3) is 11.3 Å². The monoisotopic (exact) mass is 311 g/mol. The van der Waals surface area contributed by atoms with Crippen LogP contribution < -0.4 is 5.32 Å². The van der Waals surface area contributed by atoms with Gasteiger partial charge >= 0.3 is 0 Å². The van der Waals surface area contributed by atoms with Crippen molar-refractivity contribution in [2.24, 2.45) is 7.05 Å². The first-order valence-corrected chi connectivity index (χ1v) is 7.50. The van der Waals surface area contributed by atoms with Gasteiger partial charge in [0.25, 0.3) is 0 Å². The molecular formula is C17H18FN5. The number of halogens is 1. The van der Waals surface area contributed by atoms with E-state index in [0.29, 0.717) is 18.1 Å². The van der Waals surface area contributed by atoms with Crippen LogP contribution in [0.2, 0.25) is 0 Å². The molecule has 0 radical (unpaired) electrons. The highest BCUT2D eigenvalue weighted by Gasteiger charge is 2.06. The zero-order chi connectivity index (χ0) is 16.2. The number of aryl methyl sites for hydroxylation is 2. The van der Waals surface area contributed by atoms with Crippen LogP contribution >= 0.6 is 0 Å². The minimum Gasteiger partial charge on any atom is -0.364 e. The molecule has 0 spiro atoms. The van der Waals surface area contributed by atoms with Gasteiger partial charge in [-0.15, -0.1) is 10.2 Å². The lowest BCUT2D eigenvalue weighted by Crippen LogP contribution is -2.03. The van der Waals surface area contributed by atoms with Crippen molar-refractivity contribution in [3.05, 3.63) is 59.7 Å². The molecular weight excluding hydrogens is 293 g/mol. The number of nitrogens with one attached hydrogen (secondary N) is 1. The summed E-state index contributed by atoms with van der Waals surface area (Å²) in [6.45, 7) is 2.74. The van der Waals surface area contributed by atoms with Gasteiger partial charge in [-0.25, -0.2) is 4.39 Å². The maximum atomic E-state index is 12.9. The molecule has 0 saturated carbocycles. The SMILES string of the molecule is CCc1nn(C)cc1CNc1ccc(-c2ccc(F)cc2)nn1. The molecule has 3 aromatic rings. The average Bonchev–Trinajstić information content (AvgIpc) is 2.94. The number of hydrogen-bond acceptors (Lipinski definition) is 4. The maximum Gasteiger partial charge on any atom is 0.148 e. The van der Waals surface area contributed by atoms with E-state index >= 15 is 0 Å². The highest BCUT2D eigenvalue weighted by Crippen LogP contribution is 2.18. The highest BCUT2D eigenvalue weighted by atomic mass is 19.1. The van der Waals surface area contributed by atoms with Gasteiger partial charge in [-0.05, 0) is 42.8 Å². The summed E-state index contributed by atoms with van der Waals surface area (Å²) in [5.41, 5.74) is 3.78. The Morgan fingerprint density at radius 3 is 2.52 bits per heavy atom. The largest absolute Gasteiger partial charge is 0.364 e. The molecule has 23 heavy (non-hydrogen) atoms. The van der Waals surface area contributed by atoms with Crippen molar-refractivity contribution in [2.45, 2.75) is 19.9 Å². The van der Waals surface area contributed by atoms with Crippen molar-refractivity contribution in [2.75, 3.05) is 5.32 Å². The maximum absolute atomic E-state index is 12.9. The molecule has 0 saturated heterocycles. The van der Waals surface area contributed by atoms with Gasteiger partial charge in [-0.1, -0.05) is 6.92 Å². The van der Waals surface area contributed by atoms with Gasteiger partial charge in [0, 0.05) is 30.9 Å². The van der Waals surface area contributed by atoms with E-state index in [0.717, 1.165) is 23.2 Å². The number of rotatable bonds is 5. The second-order valence-electron chi connectivity index (χ2n) is 5.29. The Balaban J connectivity index is 1.69. The summed E-state index contributed by atoms with van der Waals surface area (Å²) in [7, 11) is 1.92. The van der Waals surface area contributed by atoms with E-state index in [9.17, 15) is 4.39 Å². The minimum absolute atomic E-state index is 0.261. The van der Waals surface area contributed by atoms with Crippen molar-refractivity contribution in [3.63, 3.8) is 0 Å². The molecule has 0 aliphatic rings. The van der Waals surface area contributed by atoms with Crippen LogP contribution in [0.15, 0.2) is 42.6 Å². The van der Waals surface area contributed by atoms with Gasteiger partial charge in [0.05, 0.1) is 11.4 Å². The third-order valence-electron chi connectivity index (χ3n) is 3.59. The zero-order valence-corrected chi connectivity index (χ0v) is 13.1. The molecule has 0 amide bonds. The highest BCUT2D eigenvalue weighted by molar-refractivity contribution is 5.59. The normalized spacial score (nSPS) is 10.7. The first-order valence-electron chi connectivity index (χ1n) is 7.50. The quantitative estimate of drug-likeness (QED) is 0.786. The predicted molar refractivity (Wildman–Crippen MR) is 87.3 cm³/mol. The number of aromatic nitrogens is 4.